The molecule has 0 aliphatic heterocycles. The van der Waals surface area contributed by atoms with E-state index in [2.05, 4.69) is 41.5 Å². The van der Waals surface area contributed by atoms with Gasteiger partial charge in [0.15, 0.2) is 5.85 Å². The van der Waals surface area contributed by atoms with E-state index in [9.17, 15) is 9.67 Å². The van der Waals surface area contributed by atoms with E-state index in [1.807, 2.05) is 0 Å². The Morgan fingerprint density at radius 1 is 0.824 bits per heavy atom. The monoisotopic (exact) mass is 494 g/mol. The van der Waals surface area contributed by atoms with Gasteiger partial charge in [-0.05, 0) is 78.9 Å². The van der Waals surface area contributed by atoms with E-state index >= 15 is 0 Å². The first-order chi connectivity index (χ1) is 16.0. The molecular formula is C28H47O5P. The molecule has 0 amide bonds. The van der Waals surface area contributed by atoms with Gasteiger partial charge in [0.25, 0.3) is 0 Å². The number of hydrogen-bond acceptors (Lipinski definition) is 5. The van der Waals surface area contributed by atoms with E-state index in [-0.39, 0.29) is 12.2 Å². The Labute approximate surface area is 207 Å². The van der Waals surface area contributed by atoms with Gasteiger partial charge < -0.3 is 18.9 Å². The van der Waals surface area contributed by atoms with Crippen molar-refractivity contribution < 1.29 is 23.5 Å². The fourth-order valence-electron chi connectivity index (χ4n) is 5.95. The van der Waals surface area contributed by atoms with Crippen molar-refractivity contribution in [2.24, 2.45) is 35.5 Å². The third-order valence-electron chi connectivity index (χ3n) is 8.20. The molecule has 3 rings (SSSR count). The Kier molecular flexibility index (Phi) is 9.71. The third kappa shape index (κ3) is 6.66. The first-order valence-corrected chi connectivity index (χ1v) is 14.9. The van der Waals surface area contributed by atoms with Gasteiger partial charge in [-0.3, -0.25) is 4.57 Å². The van der Waals surface area contributed by atoms with Crippen LogP contribution in [0.25, 0.3) is 0 Å². The van der Waals surface area contributed by atoms with Crippen LogP contribution >= 0.6 is 7.60 Å². The molecule has 34 heavy (non-hydrogen) atoms. The SMILES string of the molecule is COc1ccc([C@H](O)P(=O)(O[C@@H]2C[C@H](C)CC[C@@H]2C(C)C)O[C@@H]2C[C@@H](C)CC[C@@H]2C(C)C)cc1. The largest absolute Gasteiger partial charge is 0.497 e. The molecule has 2 aliphatic rings. The highest BCUT2D eigenvalue weighted by Gasteiger charge is 2.46. The minimum atomic E-state index is -3.89. The zero-order valence-electron chi connectivity index (χ0n) is 22.3. The van der Waals surface area contributed by atoms with Gasteiger partial charge in [0, 0.05) is 0 Å². The molecule has 0 spiro atoms. The molecule has 2 saturated carbocycles. The van der Waals surface area contributed by atoms with Gasteiger partial charge in [0.1, 0.15) is 5.75 Å². The van der Waals surface area contributed by atoms with E-state index in [1.54, 1.807) is 31.4 Å². The van der Waals surface area contributed by atoms with Crippen molar-refractivity contribution in [3.8, 4) is 5.75 Å². The normalized spacial score (nSPS) is 33.0. The highest BCUT2D eigenvalue weighted by atomic mass is 31.2. The summed E-state index contributed by atoms with van der Waals surface area (Å²) in [7, 11) is -2.28. The van der Waals surface area contributed by atoms with Crippen molar-refractivity contribution in [3.63, 3.8) is 0 Å². The molecule has 1 unspecified atom stereocenters. The van der Waals surface area contributed by atoms with Gasteiger partial charge in [-0.1, -0.05) is 66.5 Å². The molecule has 0 radical (unpaired) electrons. The summed E-state index contributed by atoms with van der Waals surface area (Å²) in [6.45, 7) is 13.3. The number of methoxy groups -OCH3 is 1. The maximum atomic E-state index is 14.6. The summed E-state index contributed by atoms with van der Waals surface area (Å²) in [4.78, 5) is 0. The number of rotatable bonds is 9. The maximum absolute atomic E-state index is 14.6. The van der Waals surface area contributed by atoms with Crippen LogP contribution in [0, 0.1) is 35.5 Å². The van der Waals surface area contributed by atoms with Crippen molar-refractivity contribution in [2.75, 3.05) is 7.11 Å². The standard InChI is InChI=1S/C28H47O5P/c1-18(2)24-14-8-20(5)16-26(24)32-34(30,28(29)22-10-12-23(31-7)13-11-22)33-27-17-21(6)9-15-25(27)19(3)4/h10-13,18-21,24-29H,8-9,14-17H2,1-7H3/t20-,21+,24-,25-,26-,27-,28-,34?/m1/s1. The molecule has 1 aromatic rings. The van der Waals surface area contributed by atoms with Crippen LogP contribution in [0.3, 0.4) is 0 Å². The lowest BCUT2D eigenvalue weighted by atomic mass is 9.75. The van der Waals surface area contributed by atoms with E-state index < -0.39 is 13.4 Å². The third-order valence-corrected chi connectivity index (χ3v) is 10.2. The fraction of sp³-hybridized carbons (Fsp3) is 0.786. The Balaban J connectivity index is 1.94. The van der Waals surface area contributed by atoms with E-state index in [0.717, 1.165) is 38.5 Å². The molecule has 1 N–H and O–H groups in total. The van der Waals surface area contributed by atoms with Gasteiger partial charge in [0.05, 0.1) is 19.3 Å². The highest BCUT2D eigenvalue weighted by molar-refractivity contribution is 7.54. The maximum Gasteiger partial charge on any atom is 0.363 e. The lowest BCUT2D eigenvalue weighted by Crippen LogP contribution is -2.37. The first kappa shape index (κ1) is 27.7. The molecule has 8 atom stereocenters. The summed E-state index contributed by atoms with van der Waals surface area (Å²) in [5, 5.41) is 11.5. The van der Waals surface area contributed by atoms with Crippen molar-refractivity contribution in [2.45, 2.75) is 98.1 Å². The number of aliphatic hydroxyl groups is 1. The van der Waals surface area contributed by atoms with Crippen LogP contribution in [-0.4, -0.2) is 24.4 Å². The Hall–Kier alpha value is -0.870. The average Bonchev–Trinajstić information content (AvgIpc) is 2.78. The second-order valence-electron chi connectivity index (χ2n) is 11.6. The van der Waals surface area contributed by atoms with Crippen molar-refractivity contribution in [3.05, 3.63) is 29.8 Å². The van der Waals surface area contributed by atoms with Gasteiger partial charge in [-0.2, -0.15) is 0 Å². The van der Waals surface area contributed by atoms with Gasteiger partial charge in [0.2, 0.25) is 0 Å². The summed E-state index contributed by atoms with van der Waals surface area (Å²) < 4.78 is 32.9. The summed E-state index contributed by atoms with van der Waals surface area (Å²) in [5.41, 5.74) is 0.541. The number of benzene rings is 1. The molecule has 2 aliphatic carbocycles. The Morgan fingerprint density at radius 2 is 1.26 bits per heavy atom. The number of hydrogen-bond donors (Lipinski definition) is 1. The van der Waals surface area contributed by atoms with Crippen LogP contribution in [0.15, 0.2) is 24.3 Å². The lowest BCUT2D eigenvalue weighted by Gasteiger charge is -2.42. The summed E-state index contributed by atoms with van der Waals surface area (Å²) >= 11 is 0. The zero-order valence-corrected chi connectivity index (χ0v) is 23.2. The summed E-state index contributed by atoms with van der Waals surface area (Å²) in [6, 6.07) is 7.08. The molecule has 6 heteroatoms. The second-order valence-corrected chi connectivity index (χ2v) is 13.6. The van der Waals surface area contributed by atoms with Crippen LogP contribution in [0.5, 0.6) is 5.75 Å². The van der Waals surface area contributed by atoms with Crippen LogP contribution in [-0.2, 0) is 13.6 Å². The molecular weight excluding hydrogens is 447 g/mol. The van der Waals surface area contributed by atoms with Crippen molar-refractivity contribution in [1.82, 2.24) is 0 Å². The van der Waals surface area contributed by atoms with Crippen LogP contribution in [0.4, 0.5) is 0 Å². The van der Waals surface area contributed by atoms with Crippen LogP contribution < -0.4 is 4.74 Å². The lowest BCUT2D eigenvalue weighted by molar-refractivity contribution is -0.0154. The minimum Gasteiger partial charge on any atom is -0.497 e. The van der Waals surface area contributed by atoms with Gasteiger partial charge in [-0.15, -0.1) is 0 Å². The first-order valence-electron chi connectivity index (χ1n) is 13.3. The van der Waals surface area contributed by atoms with E-state index in [0.29, 0.717) is 46.8 Å². The second kappa shape index (κ2) is 11.9. The molecule has 1 aromatic carbocycles. The number of ether oxygens (including phenoxy) is 1. The van der Waals surface area contributed by atoms with Crippen LogP contribution in [0.1, 0.15) is 91.5 Å². The molecule has 0 heterocycles. The quantitative estimate of drug-likeness (QED) is 0.354. The predicted octanol–water partition coefficient (Wildman–Crippen LogP) is 7.83. The highest BCUT2D eigenvalue weighted by Crippen LogP contribution is 2.64. The molecule has 2 fully saturated rings. The molecule has 0 aromatic heterocycles. The predicted molar refractivity (Wildman–Crippen MR) is 138 cm³/mol. The van der Waals surface area contributed by atoms with Gasteiger partial charge in [-0.25, -0.2) is 0 Å². The van der Waals surface area contributed by atoms with Crippen molar-refractivity contribution in [1.29, 1.82) is 0 Å². The van der Waals surface area contributed by atoms with E-state index in [4.69, 9.17) is 13.8 Å². The Morgan fingerprint density at radius 3 is 1.65 bits per heavy atom. The zero-order chi connectivity index (χ0) is 25.0. The minimum absolute atomic E-state index is 0.180. The summed E-state index contributed by atoms with van der Waals surface area (Å²) in [5.74, 6) is 1.83. The van der Waals surface area contributed by atoms with Crippen LogP contribution in [0.2, 0.25) is 0 Å². The average molecular weight is 495 g/mol. The molecule has 5 nitrogen and oxygen atoms in total. The topological polar surface area (TPSA) is 65.0 Å². The Bertz CT molecular complexity index is 770. The molecule has 0 saturated heterocycles. The summed E-state index contributed by atoms with van der Waals surface area (Å²) in [6.07, 6.45) is 5.76. The van der Waals surface area contributed by atoms with Crippen molar-refractivity contribution >= 4 is 7.60 Å². The fourth-order valence-corrected chi connectivity index (χ4v) is 8.01. The molecule has 0 bridgehead atoms. The number of aliphatic hydroxyl groups excluding tert-OH is 1. The smallest absolute Gasteiger partial charge is 0.363 e. The van der Waals surface area contributed by atoms with Gasteiger partial charge >= 0.3 is 7.60 Å². The molecule has 194 valence electrons. The van der Waals surface area contributed by atoms with E-state index in [1.165, 1.54) is 0 Å².